The molecule has 0 bridgehead atoms. The van der Waals surface area contributed by atoms with Gasteiger partial charge in [-0.3, -0.25) is 9.69 Å². The van der Waals surface area contributed by atoms with Gasteiger partial charge in [0.1, 0.15) is 0 Å². The molecule has 4 rings (SSSR count). The molecule has 0 spiro atoms. The van der Waals surface area contributed by atoms with E-state index in [2.05, 4.69) is 35.3 Å². The molecule has 0 radical (unpaired) electrons. The van der Waals surface area contributed by atoms with E-state index in [1.54, 1.807) is 11.1 Å². The molecule has 1 saturated heterocycles. The largest absolute Gasteiger partial charge is 0.273 e. The lowest BCUT2D eigenvalue weighted by Crippen LogP contribution is -2.32. The number of hydrogen-bond acceptors (Lipinski definition) is 4. The summed E-state index contributed by atoms with van der Waals surface area (Å²) in [5.74, 6) is 0.0383. The Morgan fingerprint density at radius 3 is 2.41 bits per heavy atom. The number of carbonyl (C=O) groups is 1. The van der Waals surface area contributed by atoms with Crippen LogP contribution < -0.4 is 4.90 Å². The number of thioether (sulfide) groups is 1. The fraction of sp³-hybridized carbons (Fsp3) is 0.125. The lowest BCUT2D eigenvalue weighted by Gasteiger charge is -2.15. The Balaban J connectivity index is 1.61. The number of anilines is 1. The SMILES string of the molecule is Cc1cccc(CC2S/C(=N\N=C\c3ccccc3)N(c3ccccc3)C2=O)c1. The van der Waals surface area contributed by atoms with Crippen molar-refractivity contribution in [2.45, 2.75) is 18.6 Å². The number of rotatable bonds is 5. The Bertz CT molecular complexity index is 1050. The molecule has 1 fully saturated rings. The maximum atomic E-state index is 13.2. The van der Waals surface area contributed by atoms with Gasteiger partial charge in [-0.25, -0.2) is 0 Å². The first-order valence-corrected chi connectivity index (χ1v) is 10.4. The summed E-state index contributed by atoms with van der Waals surface area (Å²) in [5.41, 5.74) is 4.12. The number of para-hydroxylation sites is 1. The van der Waals surface area contributed by atoms with Crippen molar-refractivity contribution in [3.63, 3.8) is 0 Å². The average molecular weight is 400 g/mol. The molecule has 0 saturated carbocycles. The summed E-state index contributed by atoms with van der Waals surface area (Å²) >= 11 is 1.47. The monoisotopic (exact) mass is 399 g/mol. The van der Waals surface area contributed by atoms with E-state index in [0.717, 1.165) is 16.8 Å². The van der Waals surface area contributed by atoms with Crippen molar-refractivity contribution in [2.75, 3.05) is 4.90 Å². The number of hydrogen-bond donors (Lipinski definition) is 0. The van der Waals surface area contributed by atoms with Gasteiger partial charge >= 0.3 is 0 Å². The van der Waals surface area contributed by atoms with Crippen LogP contribution in [0.25, 0.3) is 0 Å². The van der Waals surface area contributed by atoms with Gasteiger partial charge in [0.2, 0.25) is 5.91 Å². The van der Waals surface area contributed by atoms with E-state index in [-0.39, 0.29) is 11.2 Å². The molecule has 1 aliphatic rings. The Kier molecular flexibility index (Phi) is 5.86. The molecular weight excluding hydrogens is 378 g/mol. The topological polar surface area (TPSA) is 45.0 Å². The number of benzene rings is 3. The van der Waals surface area contributed by atoms with Crippen LogP contribution in [-0.4, -0.2) is 22.5 Å². The van der Waals surface area contributed by atoms with Gasteiger partial charge in [0.25, 0.3) is 0 Å². The molecule has 1 amide bonds. The van der Waals surface area contributed by atoms with Crippen molar-refractivity contribution in [3.8, 4) is 0 Å². The fourth-order valence-corrected chi connectivity index (χ4v) is 4.35. The van der Waals surface area contributed by atoms with Gasteiger partial charge < -0.3 is 0 Å². The fourth-order valence-electron chi connectivity index (χ4n) is 3.22. The molecule has 3 aromatic carbocycles. The zero-order valence-electron chi connectivity index (χ0n) is 16.1. The third-order valence-corrected chi connectivity index (χ3v) is 5.73. The van der Waals surface area contributed by atoms with Crippen LogP contribution in [0.4, 0.5) is 5.69 Å². The van der Waals surface area contributed by atoms with E-state index in [4.69, 9.17) is 0 Å². The first-order chi connectivity index (χ1) is 14.2. The summed E-state index contributed by atoms with van der Waals surface area (Å²) in [4.78, 5) is 14.9. The van der Waals surface area contributed by atoms with E-state index >= 15 is 0 Å². The normalized spacial score (nSPS) is 18.1. The summed E-state index contributed by atoms with van der Waals surface area (Å²) in [7, 11) is 0. The van der Waals surface area contributed by atoms with Gasteiger partial charge in [0.15, 0.2) is 5.17 Å². The second kappa shape index (κ2) is 8.88. The van der Waals surface area contributed by atoms with Crippen molar-refractivity contribution in [3.05, 3.63) is 102 Å². The predicted molar refractivity (Wildman–Crippen MR) is 122 cm³/mol. The summed E-state index contributed by atoms with van der Waals surface area (Å²) in [5, 5.41) is 9.01. The maximum Gasteiger partial charge on any atom is 0.247 e. The first-order valence-electron chi connectivity index (χ1n) is 9.48. The van der Waals surface area contributed by atoms with Gasteiger partial charge in [0.05, 0.1) is 17.2 Å². The third-order valence-electron chi connectivity index (χ3n) is 4.60. The van der Waals surface area contributed by atoms with Crippen LogP contribution in [0.5, 0.6) is 0 Å². The van der Waals surface area contributed by atoms with E-state index in [9.17, 15) is 4.79 Å². The molecule has 0 aliphatic carbocycles. The number of nitrogens with zero attached hydrogens (tertiary/aromatic N) is 3. The maximum absolute atomic E-state index is 13.2. The quantitative estimate of drug-likeness (QED) is 0.444. The average Bonchev–Trinajstić information content (AvgIpc) is 3.04. The number of aryl methyl sites for hydroxylation is 1. The smallest absolute Gasteiger partial charge is 0.247 e. The van der Waals surface area contributed by atoms with Crippen molar-refractivity contribution < 1.29 is 4.79 Å². The lowest BCUT2D eigenvalue weighted by molar-refractivity contribution is -0.116. The highest BCUT2D eigenvalue weighted by Gasteiger charge is 2.39. The van der Waals surface area contributed by atoms with Crippen LogP contribution in [0.2, 0.25) is 0 Å². The van der Waals surface area contributed by atoms with E-state index in [1.807, 2.05) is 66.7 Å². The number of amidine groups is 1. The molecule has 4 nitrogen and oxygen atoms in total. The summed E-state index contributed by atoms with van der Waals surface area (Å²) < 4.78 is 0. The second-order valence-electron chi connectivity index (χ2n) is 6.85. The second-order valence-corrected chi connectivity index (χ2v) is 8.02. The summed E-state index contributed by atoms with van der Waals surface area (Å²) in [6.45, 7) is 2.06. The molecule has 5 heteroatoms. The standard InChI is InChI=1S/C24H21N3OS/c1-18-9-8-12-20(15-18)16-22-23(28)27(21-13-6-3-7-14-21)24(29-22)26-25-17-19-10-4-2-5-11-19/h2-15,17,22H,16H2,1H3/b25-17+,26-24-. The Morgan fingerprint density at radius 2 is 1.69 bits per heavy atom. The van der Waals surface area contributed by atoms with E-state index < -0.39 is 0 Å². The van der Waals surface area contributed by atoms with Crippen LogP contribution >= 0.6 is 11.8 Å². The highest BCUT2D eigenvalue weighted by molar-refractivity contribution is 8.16. The Labute approximate surface area is 175 Å². The molecule has 1 heterocycles. The van der Waals surface area contributed by atoms with Crippen LogP contribution in [-0.2, 0) is 11.2 Å². The van der Waals surface area contributed by atoms with Crippen LogP contribution in [0.15, 0.2) is 95.1 Å². The lowest BCUT2D eigenvalue weighted by atomic mass is 10.1. The molecule has 29 heavy (non-hydrogen) atoms. The molecule has 1 unspecified atom stereocenters. The summed E-state index contributed by atoms with van der Waals surface area (Å²) in [6.07, 6.45) is 2.37. The molecule has 1 aliphatic heterocycles. The highest BCUT2D eigenvalue weighted by Crippen LogP contribution is 2.34. The molecule has 3 aromatic rings. The minimum atomic E-state index is -0.220. The highest BCUT2D eigenvalue weighted by atomic mass is 32.2. The van der Waals surface area contributed by atoms with Crippen molar-refractivity contribution in [1.29, 1.82) is 0 Å². The summed E-state index contributed by atoms with van der Waals surface area (Å²) in [6, 6.07) is 27.7. The van der Waals surface area contributed by atoms with Crippen molar-refractivity contribution in [2.24, 2.45) is 10.2 Å². The molecule has 0 aromatic heterocycles. The van der Waals surface area contributed by atoms with Crippen LogP contribution in [0.1, 0.15) is 16.7 Å². The van der Waals surface area contributed by atoms with Crippen molar-refractivity contribution in [1.82, 2.24) is 0 Å². The van der Waals surface area contributed by atoms with Crippen LogP contribution in [0.3, 0.4) is 0 Å². The van der Waals surface area contributed by atoms with Gasteiger partial charge in [0, 0.05) is 0 Å². The minimum absolute atomic E-state index is 0.0383. The predicted octanol–water partition coefficient (Wildman–Crippen LogP) is 5.08. The van der Waals surface area contributed by atoms with E-state index in [0.29, 0.717) is 11.6 Å². The Morgan fingerprint density at radius 1 is 0.966 bits per heavy atom. The molecular formula is C24H21N3OS. The minimum Gasteiger partial charge on any atom is -0.273 e. The molecule has 0 N–H and O–H groups in total. The van der Waals surface area contributed by atoms with Gasteiger partial charge in [-0.2, -0.15) is 5.10 Å². The first kappa shape index (κ1) is 19.2. The van der Waals surface area contributed by atoms with Gasteiger partial charge in [-0.15, -0.1) is 5.10 Å². The number of amides is 1. The Hall–Kier alpha value is -3.18. The number of carbonyl (C=O) groups excluding carboxylic acids is 1. The van der Waals surface area contributed by atoms with Crippen LogP contribution in [0, 0.1) is 6.92 Å². The zero-order valence-corrected chi connectivity index (χ0v) is 16.9. The van der Waals surface area contributed by atoms with Gasteiger partial charge in [-0.05, 0) is 36.6 Å². The van der Waals surface area contributed by atoms with Gasteiger partial charge in [-0.1, -0.05) is 90.1 Å². The third kappa shape index (κ3) is 4.63. The molecule has 144 valence electrons. The molecule has 1 atom stereocenters. The zero-order chi connectivity index (χ0) is 20.1. The van der Waals surface area contributed by atoms with Crippen molar-refractivity contribution >= 4 is 34.7 Å². The van der Waals surface area contributed by atoms with E-state index in [1.165, 1.54) is 17.3 Å².